The standard InChI is InChI=1S/C9H14F3NO2/c10-9(11,12)8(6(13)7(14)15)4-2-1-3-5-8/h6H,1-5,13H2,(H,14,15). The number of hydrogen-bond acceptors (Lipinski definition) is 2. The van der Waals surface area contributed by atoms with E-state index in [-0.39, 0.29) is 12.8 Å². The van der Waals surface area contributed by atoms with Gasteiger partial charge in [-0.1, -0.05) is 19.3 Å². The van der Waals surface area contributed by atoms with Gasteiger partial charge in [0.2, 0.25) is 0 Å². The normalized spacial score (nSPS) is 23.5. The lowest BCUT2D eigenvalue weighted by Gasteiger charge is -2.41. The first-order valence-electron chi connectivity index (χ1n) is 4.86. The highest BCUT2D eigenvalue weighted by molar-refractivity contribution is 5.74. The van der Waals surface area contributed by atoms with Crippen molar-refractivity contribution in [3.63, 3.8) is 0 Å². The number of carbonyl (C=O) groups is 1. The first-order valence-corrected chi connectivity index (χ1v) is 4.86. The van der Waals surface area contributed by atoms with Gasteiger partial charge in [-0.3, -0.25) is 4.79 Å². The van der Waals surface area contributed by atoms with Gasteiger partial charge in [0.25, 0.3) is 0 Å². The zero-order valence-electron chi connectivity index (χ0n) is 8.18. The van der Waals surface area contributed by atoms with Crippen LogP contribution in [0.1, 0.15) is 32.1 Å². The molecule has 1 aliphatic rings. The van der Waals surface area contributed by atoms with Crippen LogP contribution in [-0.4, -0.2) is 23.3 Å². The molecular formula is C9H14F3NO2. The molecule has 1 rings (SSSR count). The smallest absolute Gasteiger partial charge is 0.396 e. The lowest BCUT2D eigenvalue weighted by atomic mass is 9.68. The van der Waals surface area contributed by atoms with Gasteiger partial charge in [0, 0.05) is 0 Å². The molecule has 0 radical (unpaired) electrons. The molecule has 0 aromatic carbocycles. The van der Waals surface area contributed by atoms with Crippen LogP contribution in [-0.2, 0) is 4.79 Å². The maximum absolute atomic E-state index is 12.9. The van der Waals surface area contributed by atoms with Crippen LogP contribution in [0.2, 0.25) is 0 Å². The first-order chi connectivity index (χ1) is 6.81. The monoisotopic (exact) mass is 225 g/mol. The second-order valence-electron chi connectivity index (χ2n) is 4.03. The Labute approximate surface area is 85.4 Å². The van der Waals surface area contributed by atoms with E-state index in [1.165, 1.54) is 0 Å². The molecule has 88 valence electrons. The van der Waals surface area contributed by atoms with E-state index in [9.17, 15) is 18.0 Å². The van der Waals surface area contributed by atoms with E-state index in [1.807, 2.05) is 0 Å². The predicted octanol–water partition coefficient (Wildman–Crippen LogP) is 1.91. The van der Waals surface area contributed by atoms with E-state index in [0.29, 0.717) is 19.3 Å². The van der Waals surface area contributed by atoms with Crippen LogP contribution < -0.4 is 5.73 Å². The molecule has 1 saturated carbocycles. The molecule has 0 bridgehead atoms. The lowest BCUT2D eigenvalue weighted by Crippen LogP contribution is -2.56. The summed E-state index contributed by atoms with van der Waals surface area (Å²) < 4.78 is 38.6. The SMILES string of the molecule is NC(C(=O)O)C1(C(F)(F)F)CCCCC1. The number of nitrogens with two attached hydrogens (primary N) is 1. The summed E-state index contributed by atoms with van der Waals surface area (Å²) in [4.78, 5) is 10.6. The minimum atomic E-state index is -4.54. The summed E-state index contributed by atoms with van der Waals surface area (Å²) in [7, 11) is 0. The van der Waals surface area contributed by atoms with Crippen LogP contribution in [0.3, 0.4) is 0 Å². The molecule has 0 spiro atoms. The van der Waals surface area contributed by atoms with Crippen molar-refractivity contribution in [1.82, 2.24) is 0 Å². The second-order valence-corrected chi connectivity index (χ2v) is 4.03. The maximum Gasteiger partial charge on any atom is 0.396 e. The molecule has 0 saturated heterocycles. The molecule has 0 aromatic rings. The number of carboxylic acid groups (broad SMARTS) is 1. The van der Waals surface area contributed by atoms with Crippen LogP contribution in [0.4, 0.5) is 13.2 Å². The molecular weight excluding hydrogens is 211 g/mol. The van der Waals surface area contributed by atoms with Crippen molar-refractivity contribution >= 4 is 5.97 Å². The average molecular weight is 225 g/mol. The first kappa shape index (κ1) is 12.3. The minimum absolute atomic E-state index is 0.177. The summed E-state index contributed by atoms with van der Waals surface area (Å²) in [6, 6.07) is -1.85. The Hall–Kier alpha value is -0.780. The van der Waals surface area contributed by atoms with Crippen molar-refractivity contribution in [3.05, 3.63) is 0 Å². The highest BCUT2D eigenvalue weighted by Gasteiger charge is 2.60. The maximum atomic E-state index is 12.9. The van der Waals surface area contributed by atoms with Crippen LogP contribution in [0.15, 0.2) is 0 Å². The molecule has 1 unspecified atom stereocenters. The number of aliphatic carboxylic acids is 1. The molecule has 15 heavy (non-hydrogen) atoms. The molecule has 3 nitrogen and oxygen atoms in total. The molecule has 6 heteroatoms. The Morgan fingerprint density at radius 3 is 2.07 bits per heavy atom. The van der Waals surface area contributed by atoms with Gasteiger partial charge < -0.3 is 10.8 Å². The van der Waals surface area contributed by atoms with Crippen molar-refractivity contribution in [3.8, 4) is 0 Å². The summed E-state index contributed by atoms with van der Waals surface area (Å²) in [6.07, 6.45) is -3.40. The number of rotatable bonds is 2. The lowest BCUT2D eigenvalue weighted by molar-refractivity contribution is -0.243. The van der Waals surface area contributed by atoms with E-state index in [2.05, 4.69) is 0 Å². The largest absolute Gasteiger partial charge is 0.480 e. The fourth-order valence-electron chi connectivity index (χ4n) is 2.19. The van der Waals surface area contributed by atoms with E-state index in [4.69, 9.17) is 10.8 Å². The molecule has 3 N–H and O–H groups in total. The Balaban J connectivity index is 3.00. The third-order valence-corrected chi connectivity index (χ3v) is 3.17. The summed E-state index contributed by atoms with van der Waals surface area (Å²) >= 11 is 0. The van der Waals surface area contributed by atoms with Gasteiger partial charge >= 0.3 is 12.1 Å². The topological polar surface area (TPSA) is 63.3 Å². The number of hydrogen-bond donors (Lipinski definition) is 2. The Kier molecular flexibility index (Phi) is 3.28. The Bertz CT molecular complexity index is 246. The van der Waals surface area contributed by atoms with Crippen molar-refractivity contribution in [2.75, 3.05) is 0 Å². The number of halogens is 3. The summed E-state index contributed by atoms with van der Waals surface area (Å²) in [5.74, 6) is -1.57. The van der Waals surface area contributed by atoms with E-state index < -0.39 is 23.6 Å². The summed E-state index contributed by atoms with van der Waals surface area (Å²) in [5.41, 5.74) is 2.97. The number of carboxylic acids is 1. The van der Waals surface area contributed by atoms with Gasteiger partial charge in [-0.05, 0) is 12.8 Å². The van der Waals surface area contributed by atoms with Crippen LogP contribution >= 0.6 is 0 Å². The van der Waals surface area contributed by atoms with E-state index in [1.54, 1.807) is 0 Å². The molecule has 0 aliphatic heterocycles. The molecule has 0 heterocycles. The third kappa shape index (κ3) is 2.09. The summed E-state index contributed by atoms with van der Waals surface area (Å²) in [6.45, 7) is 0. The van der Waals surface area contributed by atoms with Gasteiger partial charge in [-0.15, -0.1) is 0 Å². The van der Waals surface area contributed by atoms with Crippen molar-refractivity contribution in [2.24, 2.45) is 11.1 Å². The van der Waals surface area contributed by atoms with Gasteiger partial charge in [-0.2, -0.15) is 13.2 Å². The van der Waals surface area contributed by atoms with Gasteiger partial charge in [0.05, 0.1) is 5.41 Å². The highest BCUT2D eigenvalue weighted by atomic mass is 19.4. The molecule has 0 amide bonds. The zero-order chi connectivity index (χ0) is 11.7. The Morgan fingerprint density at radius 2 is 1.73 bits per heavy atom. The minimum Gasteiger partial charge on any atom is -0.480 e. The molecule has 1 atom stereocenters. The van der Waals surface area contributed by atoms with Crippen molar-refractivity contribution in [1.29, 1.82) is 0 Å². The quantitative estimate of drug-likeness (QED) is 0.754. The van der Waals surface area contributed by atoms with Crippen LogP contribution in [0, 0.1) is 5.41 Å². The molecule has 0 aromatic heterocycles. The highest BCUT2D eigenvalue weighted by Crippen LogP contribution is 2.50. The number of alkyl halides is 3. The molecule has 1 fully saturated rings. The average Bonchev–Trinajstić information content (AvgIpc) is 2.16. The predicted molar refractivity (Wildman–Crippen MR) is 47.2 cm³/mol. The van der Waals surface area contributed by atoms with E-state index in [0.717, 1.165) is 0 Å². The Morgan fingerprint density at radius 1 is 1.27 bits per heavy atom. The van der Waals surface area contributed by atoms with Gasteiger partial charge in [0.15, 0.2) is 0 Å². The van der Waals surface area contributed by atoms with Gasteiger partial charge in [-0.25, -0.2) is 0 Å². The van der Waals surface area contributed by atoms with Crippen molar-refractivity contribution in [2.45, 2.75) is 44.3 Å². The fourth-order valence-corrected chi connectivity index (χ4v) is 2.19. The van der Waals surface area contributed by atoms with Gasteiger partial charge in [0.1, 0.15) is 6.04 Å². The van der Waals surface area contributed by atoms with E-state index >= 15 is 0 Å². The fraction of sp³-hybridized carbons (Fsp3) is 0.889. The van der Waals surface area contributed by atoms with Crippen LogP contribution in [0.5, 0.6) is 0 Å². The van der Waals surface area contributed by atoms with Crippen molar-refractivity contribution < 1.29 is 23.1 Å². The summed E-state index contributed by atoms with van der Waals surface area (Å²) in [5, 5.41) is 8.64. The third-order valence-electron chi connectivity index (χ3n) is 3.17. The second kappa shape index (κ2) is 4.00. The van der Waals surface area contributed by atoms with Crippen LogP contribution in [0.25, 0.3) is 0 Å². The zero-order valence-corrected chi connectivity index (χ0v) is 8.18. The molecule has 1 aliphatic carbocycles.